The molecule has 0 saturated heterocycles. The summed E-state index contributed by atoms with van der Waals surface area (Å²) in [4.78, 5) is 21.9. The molecule has 2 rings (SSSR count). The van der Waals surface area contributed by atoms with Gasteiger partial charge in [0, 0.05) is 4.47 Å². The Morgan fingerprint density at radius 1 is 1.00 bits per heavy atom. The zero-order valence-corrected chi connectivity index (χ0v) is 12.3. The van der Waals surface area contributed by atoms with E-state index in [0.717, 1.165) is 5.56 Å². The molecule has 0 aliphatic heterocycles. The monoisotopic (exact) mass is 350 g/mol. The van der Waals surface area contributed by atoms with E-state index in [4.69, 9.17) is 14.9 Å². The summed E-state index contributed by atoms with van der Waals surface area (Å²) in [6, 6.07) is 10.9. The molecule has 0 aliphatic carbocycles. The van der Waals surface area contributed by atoms with Crippen molar-refractivity contribution in [2.24, 2.45) is 0 Å². The van der Waals surface area contributed by atoms with Crippen molar-refractivity contribution in [3.63, 3.8) is 0 Å². The average molecular weight is 351 g/mol. The summed E-state index contributed by atoms with van der Waals surface area (Å²) < 4.78 is 6.14. The lowest BCUT2D eigenvalue weighted by Gasteiger charge is -2.09. The molecule has 5 nitrogen and oxygen atoms in total. The van der Waals surface area contributed by atoms with Crippen molar-refractivity contribution < 1.29 is 24.5 Å². The van der Waals surface area contributed by atoms with E-state index in [-0.39, 0.29) is 23.5 Å². The molecule has 0 aliphatic rings. The number of hydrogen-bond donors (Lipinski definition) is 2. The zero-order valence-electron chi connectivity index (χ0n) is 10.7. The number of hydrogen-bond acceptors (Lipinski definition) is 3. The van der Waals surface area contributed by atoms with Crippen LogP contribution in [0.5, 0.6) is 5.75 Å². The summed E-state index contributed by atoms with van der Waals surface area (Å²) in [6.45, 7) is 0.155. The molecular weight excluding hydrogens is 340 g/mol. The lowest BCUT2D eigenvalue weighted by molar-refractivity contribution is 0.0682. The Labute approximate surface area is 128 Å². The van der Waals surface area contributed by atoms with Crippen LogP contribution in [-0.2, 0) is 6.61 Å². The Balaban J connectivity index is 2.13. The second-order valence-electron chi connectivity index (χ2n) is 4.24. The van der Waals surface area contributed by atoms with Crippen LogP contribution in [0.1, 0.15) is 26.3 Å². The first-order valence-electron chi connectivity index (χ1n) is 5.95. The van der Waals surface area contributed by atoms with Crippen molar-refractivity contribution in [1.29, 1.82) is 0 Å². The van der Waals surface area contributed by atoms with E-state index in [2.05, 4.69) is 15.9 Å². The summed E-state index contributed by atoms with van der Waals surface area (Å²) in [5.41, 5.74) is 0.999. The highest BCUT2D eigenvalue weighted by atomic mass is 79.9. The molecule has 2 N–H and O–H groups in total. The van der Waals surface area contributed by atoms with Gasteiger partial charge in [0.2, 0.25) is 0 Å². The van der Waals surface area contributed by atoms with Crippen molar-refractivity contribution in [3.8, 4) is 5.75 Å². The van der Waals surface area contributed by atoms with Crippen molar-refractivity contribution in [2.75, 3.05) is 0 Å². The number of rotatable bonds is 5. The molecule has 108 valence electrons. The van der Waals surface area contributed by atoms with E-state index >= 15 is 0 Å². The van der Waals surface area contributed by atoms with Gasteiger partial charge in [0.15, 0.2) is 0 Å². The summed E-state index contributed by atoms with van der Waals surface area (Å²) in [5, 5.41) is 17.9. The minimum Gasteiger partial charge on any atom is -0.488 e. The fourth-order valence-corrected chi connectivity index (χ4v) is 2.06. The van der Waals surface area contributed by atoms with Gasteiger partial charge >= 0.3 is 11.9 Å². The van der Waals surface area contributed by atoms with E-state index in [1.54, 1.807) is 24.3 Å². The number of aromatic carboxylic acids is 2. The minimum absolute atomic E-state index is 0.0616. The molecule has 0 unspecified atom stereocenters. The number of halogens is 1. The van der Waals surface area contributed by atoms with Gasteiger partial charge in [-0.25, -0.2) is 9.59 Å². The molecule has 0 amide bonds. The molecule has 0 aromatic heterocycles. The fourth-order valence-electron chi connectivity index (χ4n) is 1.70. The third kappa shape index (κ3) is 3.82. The van der Waals surface area contributed by atoms with Crippen LogP contribution >= 0.6 is 15.9 Å². The third-order valence-corrected chi connectivity index (χ3v) is 3.26. The highest BCUT2D eigenvalue weighted by molar-refractivity contribution is 9.10. The summed E-state index contributed by atoms with van der Waals surface area (Å²) in [6.07, 6.45) is 0. The number of carboxylic acids is 2. The first-order chi connectivity index (χ1) is 9.97. The number of carboxylic acid groups (broad SMARTS) is 2. The zero-order chi connectivity index (χ0) is 15.4. The lowest BCUT2D eigenvalue weighted by atomic mass is 10.1. The van der Waals surface area contributed by atoms with Crippen LogP contribution in [0.4, 0.5) is 0 Å². The van der Waals surface area contributed by atoms with Gasteiger partial charge in [-0.1, -0.05) is 28.1 Å². The van der Waals surface area contributed by atoms with Crippen molar-refractivity contribution in [1.82, 2.24) is 0 Å². The van der Waals surface area contributed by atoms with Gasteiger partial charge in [0.25, 0.3) is 0 Å². The summed E-state index contributed by atoms with van der Waals surface area (Å²) >= 11 is 3.21. The second kappa shape index (κ2) is 6.41. The molecular formula is C15H11BrO5. The quantitative estimate of drug-likeness (QED) is 0.862. The highest BCUT2D eigenvalue weighted by Gasteiger charge is 2.12. The van der Waals surface area contributed by atoms with Gasteiger partial charge in [0.05, 0.1) is 5.56 Å². The van der Waals surface area contributed by atoms with Gasteiger partial charge in [0.1, 0.15) is 17.9 Å². The van der Waals surface area contributed by atoms with E-state index in [1.807, 2.05) is 0 Å². The van der Waals surface area contributed by atoms with Crippen LogP contribution in [0, 0.1) is 0 Å². The Kier molecular flexibility index (Phi) is 4.59. The van der Waals surface area contributed by atoms with Crippen LogP contribution in [0.15, 0.2) is 46.9 Å². The van der Waals surface area contributed by atoms with Crippen LogP contribution in [-0.4, -0.2) is 22.2 Å². The maximum atomic E-state index is 11.1. The molecule has 0 bridgehead atoms. The topological polar surface area (TPSA) is 83.8 Å². The van der Waals surface area contributed by atoms with E-state index < -0.39 is 11.9 Å². The molecule has 2 aromatic rings. The lowest BCUT2D eigenvalue weighted by Crippen LogP contribution is -2.04. The Hall–Kier alpha value is -2.34. The Morgan fingerprint density at radius 2 is 1.67 bits per heavy atom. The highest BCUT2D eigenvalue weighted by Crippen LogP contribution is 2.24. The van der Waals surface area contributed by atoms with E-state index in [0.29, 0.717) is 4.47 Å². The van der Waals surface area contributed by atoms with Gasteiger partial charge in [-0.15, -0.1) is 0 Å². The van der Waals surface area contributed by atoms with Crippen LogP contribution in [0.25, 0.3) is 0 Å². The molecule has 21 heavy (non-hydrogen) atoms. The van der Waals surface area contributed by atoms with Crippen LogP contribution in [0.2, 0.25) is 0 Å². The fraction of sp³-hybridized carbons (Fsp3) is 0.0667. The summed E-state index contributed by atoms with van der Waals surface area (Å²) in [7, 11) is 0. The van der Waals surface area contributed by atoms with E-state index in [1.165, 1.54) is 18.2 Å². The number of ether oxygens (including phenoxy) is 1. The smallest absolute Gasteiger partial charge is 0.339 e. The summed E-state index contributed by atoms with van der Waals surface area (Å²) in [5.74, 6) is -1.82. The first kappa shape index (κ1) is 15.1. The van der Waals surface area contributed by atoms with Crippen molar-refractivity contribution >= 4 is 27.9 Å². The molecule has 0 atom stereocenters. The van der Waals surface area contributed by atoms with Crippen molar-refractivity contribution in [2.45, 2.75) is 6.61 Å². The third-order valence-electron chi connectivity index (χ3n) is 2.77. The molecule has 6 heteroatoms. The van der Waals surface area contributed by atoms with Crippen molar-refractivity contribution in [3.05, 3.63) is 63.6 Å². The minimum atomic E-state index is -1.08. The SMILES string of the molecule is O=C(O)c1ccc(COc2ccc(Br)cc2C(=O)O)cc1. The molecule has 0 heterocycles. The number of benzene rings is 2. The van der Waals surface area contributed by atoms with Crippen LogP contribution in [0.3, 0.4) is 0 Å². The predicted molar refractivity (Wildman–Crippen MR) is 78.8 cm³/mol. The molecule has 0 saturated carbocycles. The number of carbonyl (C=O) groups is 2. The normalized spacial score (nSPS) is 10.1. The molecule has 0 spiro atoms. The van der Waals surface area contributed by atoms with Gasteiger partial charge in [-0.2, -0.15) is 0 Å². The molecule has 2 aromatic carbocycles. The van der Waals surface area contributed by atoms with Crippen LogP contribution < -0.4 is 4.74 Å². The molecule has 0 fully saturated rings. The van der Waals surface area contributed by atoms with Gasteiger partial charge in [-0.05, 0) is 35.9 Å². The largest absolute Gasteiger partial charge is 0.488 e. The van der Waals surface area contributed by atoms with Gasteiger partial charge < -0.3 is 14.9 Å². The standard InChI is InChI=1S/C15H11BrO5/c16-11-5-6-13(12(7-11)15(19)20)21-8-9-1-3-10(4-2-9)14(17)18/h1-7H,8H2,(H,17,18)(H,19,20). The maximum absolute atomic E-state index is 11.1. The second-order valence-corrected chi connectivity index (χ2v) is 5.15. The Bertz CT molecular complexity index is 679. The predicted octanol–water partition coefficient (Wildman–Crippen LogP) is 3.42. The maximum Gasteiger partial charge on any atom is 0.339 e. The Morgan fingerprint density at radius 3 is 2.24 bits per heavy atom. The first-order valence-corrected chi connectivity index (χ1v) is 6.74. The average Bonchev–Trinajstić information content (AvgIpc) is 2.46. The van der Waals surface area contributed by atoms with E-state index in [9.17, 15) is 9.59 Å². The van der Waals surface area contributed by atoms with Gasteiger partial charge in [-0.3, -0.25) is 0 Å². The molecule has 0 radical (unpaired) electrons.